The molecule has 1 amide bonds. The van der Waals surface area contributed by atoms with Crippen LogP contribution in [0.3, 0.4) is 0 Å². The largest absolute Gasteiger partial charge is 0.481 e. The van der Waals surface area contributed by atoms with Gasteiger partial charge in [-0.25, -0.2) is 4.39 Å². The van der Waals surface area contributed by atoms with Crippen molar-refractivity contribution in [1.29, 1.82) is 0 Å². The first-order valence-electron chi connectivity index (χ1n) is 6.09. The highest BCUT2D eigenvalue weighted by molar-refractivity contribution is 6.30. The third-order valence-corrected chi connectivity index (χ3v) is 3.38. The predicted octanol–water partition coefficient (Wildman–Crippen LogP) is 2.69. The van der Waals surface area contributed by atoms with E-state index in [1.54, 1.807) is 13.8 Å². The predicted molar refractivity (Wildman–Crippen MR) is 74.3 cm³/mol. The van der Waals surface area contributed by atoms with E-state index < -0.39 is 17.2 Å². The van der Waals surface area contributed by atoms with Gasteiger partial charge in [-0.3, -0.25) is 9.59 Å². The molecule has 0 fully saturated rings. The molecule has 0 bridgehead atoms. The number of aliphatic carboxylic acids is 1. The lowest BCUT2D eigenvalue weighted by molar-refractivity contribution is -0.139. The Balaban J connectivity index is 2.96. The fraction of sp³-hybridized carbons (Fsp3) is 0.429. The van der Waals surface area contributed by atoms with Crippen LogP contribution in [0.25, 0.3) is 0 Å². The molecule has 0 saturated heterocycles. The van der Waals surface area contributed by atoms with Crippen molar-refractivity contribution < 1.29 is 19.1 Å². The van der Waals surface area contributed by atoms with Gasteiger partial charge in [-0.15, -0.1) is 0 Å². The maximum absolute atomic E-state index is 13.9. The molecular weight excluding hydrogens is 285 g/mol. The number of carboxylic acids is 1. The highest BCUT2D eigenvalue weighted by atomic mass is 35.5. The Kier molecular flexibility index (Phi) is 5.11. The lowest BCUT2D eigenvalue weighted by atomic mass is 9.83. The van der Waals surface area contributed by atoms with E-state index in [1.807, 2.05) is 0 Å². The quantitative estimate of drug-likeness (QED) is 0.909. The van der Waals surface area contributed by atoms with E-state index in [4.69, 9.17) is 16.7 Å². The number of hydrogen-bond acceptors (Lipinski definition) is 2. The molecule has 1 rings (SSSR count). The fourth-order valence-corrected chi connectivity index (χ4v) is 2.11. The van der Waals surface area contributed by atoms with Gasteiger partial charge in [-0.05, 0) is 26.0 Å². The molecule has 0 radical (unpaired) electrons. The number of carbonyl (C=O) groups is 2. The highest BCUT2D eigenvalue weighted by Crippen LogP contribution is 2.29. The van der Waals surface area contributed by atoms with Crippen LogP contribution in [0, 0.1) is 5.82 Å². The molecule has 0 aliphatic rings. The van der Waals surface area contributed by atoms with Crippen molar-refractivity contribution in [2.75, 3.05) is 13.6 Å². The lowest BCUT2D eigenvalue weighted by Gasteiger charge is -2.30. The Morgan fingerprint density at radius 2 is 2.00 bits per heavy atom. The second-order valence-corrected chi connectivity index (χ2v) is 5.56. The van der Waals surface area contributed by atoms with Crippen LogP contribution in [0.15, 0.2) is 18.2 Å². The molecule has 20 heavy (non-hydrogen) atoms. The first-order chi connectivity index (χ1) is 9.16. The topological polar surface area (TPSA) is 57.6 Å². The first kappa shape index (κ1) is 16.4. The Hall–Kier alpha value is -1.62. The van der Waals surface area contributed by atoms with Crippen LogP contribution in [0.2, 0.25) is 5.02 Å². The SMILES string of the molecule is CN(CCC(=O)O)C(=O)C(C)(C)c1ccc(Cl)cc1F. The summed E-state index contributed by atoms with van der Waals surface area (Å²) >= 11 is 5.69. The number of halogens is 2. The minimum absolute atomic E-state index is 0.0762. The molecule has 1 aromatic rings. The van der Waals surface area contributed by atoms with Crippen molar-refractivity contribution >= 4 is 23.5 Å². The second kappa shape index (κ2) is 6.22. The average Bonchev–Trinajstić information content (AvgIpc) is 2.34. The lowest BCUT2D eigenvalue weighted by Crippen LogP contribution is -2.42. The first-order valence-corrected chi connectivity index (χ1v) is 6.47. The van der Waals surface area contributed by atoms with Crippen molar-refractivity contribution in [1.82, 2.24) is 4.90 Å². The van der Waals surface area contributed by atoms with Gasteiger partial charge in [0, 0.05) is 24.2 Å². The van der Waals surface area contributed by atoms with Crippen LogP contribution in [-0.2, 0) is 15.0 Å². The third kappa shape index (κ3) is 3.70. The van der Waals surface area contributed by atoms with Gasteiger partial charge in [-0.1, -0.05) is 17.7 Å². The summed E-state index contributed by atoms with van der Waals surface area (Å²) in [5.41, 5.74) is -0.865. The zero-order valence-corrected chi connectivity index (χ0v) is 12.4. The van der Waals surface area contributed by atoms with Gasteiger partial charge in [0.1, 0.15) is 5.82 Å². The minimum Gasteiger partial charge on any atom is -0.481 e. The van der Waals surface area contributed by atoms with E-state index in [0.717, 1.165) is 6.07 Å². The second-order valence-electron chi connectivity index (χ2n) is 5.12. The van der Waals surface area contributed by atoms with Crippen molar-refractivity contribution in [2.24, 2.45) is 0 Å². The molecule has 0 atom stereocenters. The Bertz CT molecular complexity index is 531. The van der Waals surface area contributed by atoms with Crippen molar-refractivity contribution in [2.45, 2.75) is 25.7 Å². The molecule has 1 aromatic carbocycles. The maximum atomic E-state index is 13.9. The van der Waals surface area contributed by atoms with E-state index in [9.17, 15) is 14.0 Å². The zero-order chi connectivity index (χ0) is 15.5. The van der Waals surface area contributed by atoms with Gasteiger partial charge in [0.25, 0.3) is 0 Å². The van der Waals surface area contributed by atoms with Crippen molar-refractivity contribution in [3.8, 4) is 0 Å². The fourth-order valence-electron chi connectivity index (χ4n) is 1.95. The molecule has 6 heteroatoms. The van der Waals surface area contributed by atoms with Crippen LogP contribution >= 0.6 is 11.6 Å². The van der Waals surface area contributed by atoms with Crippen molar-refractivity contribution in [3.63, 3.8) is 0 Å². The number of likely N-dealkylation sites (N-methyl/N-ethyl adjacent to an activating group) is 1. The summed E-state index contributed by atoms with van der Waals surface area (Å²) < 4.78 is 13.9. The number of benzene rings is 1. The van der Waals surface area contributed by atoms with Gasteiger partial charge >= 0.3 is 5.97 Å². The smallest absolute Gasteiger partial charge is 0.305 e. The Morgan fingerprint density at radius 3 is 2.50 bits per heavy atom. The Morgan fingerprint density at radius 1 is 1.40 bits per heavy atom. The number of hydrogen-bond donors (Lipinski definition) is 1. The number of carboxylic acid groups (broad SMARTS) is 1. The summed E-state index contributed by atoms with van der Waals surface area (Å²) in [6.45, 7) is 3.27. The summed E-state index contributed by atoms with van der Waals surface area (Å²) in [4.78, 5) is 24.2. The number of amides is 1. The summed E-state index contributed by atoms with van der Waals surface area (Å²) in [5, 5.41) is 8.88. The number of carbonyl (C=O) groups excluding carboxylic acids is 1. The van der Waals surface area contributed by atoms with E-state index in [2.05, 4.69) is 0 Å². The molecule has 1 N–H and O–H groups in total. The number of nitrogens with zero attached hydrogens (tertiary/aromatic N) is 1. The summed E-state index contributed by atoms with van der Waals surface area (Å²) in [6, 6.07) is 4.15. The van der Waals surface area contributed by atoms with Crippen LogP contribution < -0.4 is 0 Å². The average molecular weight is 302 g/mol. The molecule has 4 nitrogen and oxygen atoms in total. The normalized spacial score (nSPS) is 11.2. The van der Waals surface area contributed by atoms with Gasteiger partial charge in [0.05, 0.1) is 11.8 Å². The number of rotatable bonds is 5. The zero-order valence-electron chi connectivity index (χ0n) is 11.6. The molecule has 110 valence electrons. The van der Waals surface area contributed by atoms with Crippen molar-refractivity contribution in [3.05, 3.63) is 34.6 Å². The highest BCUT2D eigenvalue weighted by Gasteiger charge is 2.34. The molecule has 0 unspecified atom stereocenters. The molecular formula is C14H17ClFNO3. The molecule has 0 aliphatic heterocycles. The van der Waals surface area contributed by atoms with E-state index in [1.165, 1.54) is 24.1 Å². The molecule has 0 saturated carbocycles. The van der Waals surface area contributed by atoms with E-state index in [-0.39, 0.29) is 29.5 Å². The molecule has 0 aromatic heterocycles. The summed E-state index contributed by atoms with van der Waals surface area (Å²) in [6.07, 6.45) is -0.151. The molecule has 0 aliphatic carbocycles. The van der Waals surface area contributed by atoms with E-state index >= 15 is 0 Å². The van der Waals surface area contributed by atoms with Gasteiger partial charge < -0.3 is 10.0 Å². The maximum Gasteiger partial charge on any atom is 0.305 e. The summed E-state index contributed by atoms with van der Waals surface area (Å²) in [5.74, 6) is -1.89. The van der Waals surface area contributed by atoms with Crippen LogP contribution in [0.5, 0.6) is 0 Å². The van der Waals surface area contributed by atoms with Gasteiger partial charge in [0.2, 0.25) is 5.91 Å². The monoisotopic (exact) mass is 301 g/mol. The van der Waals surface area contributed by atoms with Gasteiger partial charge in [-0.2, -0.15) is 0 Å². The van der Waals surface area contributed by atoms with Crippen LogP contribution in [0.4, 0.5) is 4.39 Å². The molecule has 0 heterocycles. The van der Waals surface area contributed by atoms with E-state index in [0.29, 0.717) is 0 Å². The Labute approximate surface area is 122 Å². The summed E-state index contributed by atoms with van der Waals surface area (Å²) in [7, 11) is 1.50. The standard InChI is InChI=1S/C14H17ClFNO3/c1-14(2,10-5-4-9(15)8-11(10)16)13(20)17(3)7-6-12(18)19/h4-5,8H,6-7H2,1-3H3,(H,18,19). The van der Waals surface area contributed by atoms with Crippen LogP contribution in [0.1, 0.15) is 25.8 Å². The molecule has 0 spiro atoms. The van der Waals surface area contributed by atoms with Gasteiger partial charge in [0.15, 0.2) is 0 Å². The third-order valence-electron chi connectivity index (χ3n) is 3.15. The van der Waals surface area contributed by atoms with Crippen LogP contribution in [-0.4, -0.2) is 35.5 Å². The minimum atomic E-state index is -1.10.